The van der Waals surface area contributed by atoms with E-state index >= 15 is 0 Å². The van der Waals surface area contributed by atoms with Gasteiger partial charge < -0.3 is 9.64 Å². The molecule has 0 radical (unpaired) electrons. The van der Waals surface area contributed by atoms with Crippen LogP contribution in [0.1, 0.15) is 25.1 Å². The van der Waals surface area contributed by atoms with Gasteiger partial charge in [0.15, 0.2) is 0 Å². The summed E-state index contributed by atoms with van der Waals surface area (Å²) in [5, 5.41) is 7.38. The number of rotatable bonds is 5. The molecule has 1 aromatic rings. The van der Waals surface area contributed by atoms with Crippen molar-refractivity contribution >= 4 is 17.2 Å². The van der Waals surface area contributed by atoms with E-state index in [2.05, 4.69) is 23.7 Å². The molecule has 1 amide bonds. The van der Waals surface area contributed by atoms with Gasteiger partial charge in [-0.25, -0.2) is 0 Å². The summed E-state index contributed by atoms with van der Waals surface area (Å²) < 4.78 is 5.20. The summed E-state index contributed by atoms with van der Waals surface area (Å²) in [6.45, 7) is 3.09. The van der Waals surface area contributed by atoms with E-state index < -0.39 is 0 Å². The molecule has 1 saturated heterocycles. The van der Waals surface area contributed by atoms with Crippen LogP contribution in [0.5, 0.6) is 0 Å². The molecular weight excluding hydrogens is 236 g/mol. The Hall–Kier alpha value is -0.910. The molecule has 2 atom stereocenters. The number of carbonyl (C=O) groups excluding carboxylic acids is 1. The molecule has 0 aromatic carbocycles. The van der Waals surface area contributed by atoms with Crippen LogP contribution in [-0.4, -0.2) is 37.1 Å². The Kier molecular flexibility index (Phi) is 4.15. The van der Waals surface area contributed by atoms with Gasteiger partial charge >= 0.3 is 0 Å². The molecule has 2 rings (SSSR count). The fourth-order valence-corrected chi connectivity index (χ4v) is 2.91. The molecule has 17 heavy (non-hydrogen) atoms. The summed E-state index contributed by atoms with van der Waals surface area (Å²) in [5.41, 5.74) is 1.16. The third kappa shape index (κ3) is 2.51. The van der Waals surface area contributed by atoms with Crippen LogP contribution in [0.15, 0.2) is 16.8 Å². The Morgan fingerprint density at radius 1 is 1.71 bits per heavy atom. The Bertz CT molecular complexity index is 367. The predicted molar refractivity (Wildman–Crippen MR) is 67.9 cm³/mol. The zero-order valence-corrected chi connectivity index (χ0v) is 11.0. The normalized spacial score (nSPS) is 22.1. The maximum absolute atomic E-state index is 12.0. The van der Waals surface area contributed by atoms with E-state index in [4.69, 9.17) is 4.74 Å². The second kappa shape index (κ2) is 5.62. The van der Waals surface area contributed by atoms with Gasteiger partial charge in [0.25, 0.3) is 0 Å². The molecule has 1 aliphatic heterocycles. The minimum Gasteiger partial charge on any atom is -0.383 e. The van der Waals surface area contributed by atoms with Gasteiger partial charge in [0.1, 0.15) is 6.17 Å². The molecule has 94 valence electrons. The summed E-state index contributed by atoms with van der Waals surface area (Å²) in [6, 6.07) is 2.21. The third-order valence-electron chi connectivity index (χ3n) is 3.10. The predicted octanol–water partition coefficient (Wildman–Crippen LogP) is 1.60. The molecule has 4 nitrogen and oxygen atoms in total. The van der Waals surface area contributed by atoms with Gasteiger partial charge in [-0.1, -0.05) is 6.92 Å². The number of methoxy groups -OCH3 is 1. The Balaban J connectivity index is 2.18. The number of hydrogen-bond acceptors (Lipinski definition) is 4. The Morgan fingerprint density at radius 3 is 3.12 bits per heavy atom. The van der Waals surface area contributed by atoms with Gasteiger partial charge in [-0.3, -0.25) is 10.1 Å². The van der Waals surface area contributed by atoms with Crippen LogP contribution in [0.25, 0.3) is 0 Å². The summed E-state index contributed by atoms with van der Waals surface area (Å²) in [7, 11) is 1.68. The number of amides is 1. The molecule has 1 aromatic heterocycles. The zero-order chi connectivity index (χ0) is 12.3. The first-order valence-corrected chi connectivity index (χ1v) is 6.77. The lowest BCUT2D eigenvalue weighted by atomic mass is 10.1. The molecule has 5 heteroatoms. The highest BCUT2D eigenvalue weighted by Crippen LogP contribution is 2.27. The van der Waals surface area contributed by atoms with Crippen molar-refractivity contribution in [1.82, 2.24) is 10.2 Å². The van der Waals surface area contributed by atoms with Gasteiger partial charge in [0, 0.05) is 7.11 Å². The molecule has 0 spiro atoms. The van der Waals surface area contributed by atoms with E-state index in [0.29, 0.717) is 13.2 Å². The first-order chi connectivity index (χ1) is 8.27. The minimum atomic E-state index is 0.00819. The lowest BCUT2D eigenvalue weighted by molar-refractivity contribution is -0.131. The number of nitrogens with zero attached hydrogens (tertiary/aromatic N) is 1. The lowest BCUT2D eigenvalue weighted by Gasteiger charge is -2.31. The molecule has 1 aliphatic rings. The molecule has 2 heterocycles. The van der Waals surface area contributed by atoms with E-state index in [1.807, 2.05) is 10.3 Å². The van der Waals surface area contributed by atoms with Gasteiger partial charge in [0.05, 0.1) is 19.2 Å². The average molecular weight is 254 g/mol. The number of hydrogen-bond donors (Lipinski definition) is 1. The quantitative estimate of drug-likeness (QED) is 0.868. The zero-order valence-electron chi connectivity index (χ0n) is 10.2. The monoisotopic (exact) mass is 254 g/mol. The highest BCUT2D eigenvalue weighted by molar-refractivity contribution is 7.07. The molecule has 0 bridgehead atoms. The molecular formula is C12H18N2O2S. The maximum atomic E-state index is 12.0. The van der Waals surface area contributed by atoms with Crippen LogP contribution >= 0.6 is 11.3 Å². The third-order valence-corrected chi connectivity index (χ3v) is 3.80. The Labute approximate surface area is 106 Å². The molecule has 2 unspecified atom stereocenters. The van der Waals surface area contributed by atoms with Crippen molar-refractivity contribution in [2.45, 2.75) is 25.6 Å². The number of nitrogens with one attached hydrogen (secondary N) is 1. The van der Waals surface area contributed by atoms with Crippen molar-refractivity contribution in [3.05, 3.63) is 22.4 Å². The van der Waals surface area contributed by atoms with Gasteiger partial charge in [-0.15, -0.1) is 0 Å². The largest absolute Gasteiger partial charge is 0.383 e. The first kappa shape index (κ1) is 12.5. The van der Waals surface area contributed by atoms with E-state index in [1.54, 1.807) is 18.4 Å². The fourth-order valence-electron chi connectivity index (χ4n) is 2.23. The summed E-state index contributed by atoms with van der Waals surface area (Å²) in [4.78, 5) is 13.9. The summed E-state index contributed by atoms with van der Waals surface area (Å²) in [6.07, 6.45) is 0.913. The summed E-state index contributed by atoms with van der Waals surface area (Å²) in [5.74, 6) is 0.158. The van der Waals surface area contributed by atoms with Crippen LogP contribution in [0, 0.1) is 0 Å². The SMILES string of the molecule is CCC(COC)N1C(=O)CNC1c1ccsc1. The maximum Gasteiger partial charge on any atom is 0.238 e. The smallest absolute Gasteiger partial charge is 0.238 e. The minimum absolute atomic E-state index is 0.00819. The van der Waals surface area contributed by atoms with E-state index in [-0.39, 0.29) is 18.1 Å². The highest BCUT2D eigenvalue weighted by atomic mass is 32.1. The fraction of sp³-hybridized carbons (Fsp3) is 0.583. The van der Waals surface area contributed by atoms with E-state index in [0.717, 1.165) is 12.0 Å². The second-order valence-corrected chi connectivity index (χ2v) is 4.94. The lowest BCUT2D eigenvalue weighted by Crippen LogP contribution is -2.41. The van der Waals surface area contributed by atoms with E-state index in [9.17, 15) is 4.79 Å². The van der Waals surface area contributed by atoms with Crippen molar-refractivity contribution in [1.29, 1.82) is 0 Å². The average Bonchev–Trinajstić information content (AvgIpc) is 2.95. The second-order valence-electron chi connectivity index (χ2n) is 4.16. The van der Waals surface area contributed by atoms with Gasteiger partial charge in [-0.2, -0.15) is 11.3 Å². The first-order valence-electron chi connectivity index (χ1n) is 5.83. The molecule has 1 N–H and O–H groups in total. The van der Waals surface area contributed by atoms with Crippen molar-refractivity contribution in [3.63, 3.8) is 0 Å². The van der Waals surface area contributed by atoms with Crippen molar-refractivity contribution in [2.75, 3.05) is 20.3 Å². The van der Waals surface area contributed by atoms with Crippen molar-refractivity contribution in [3.8, 4) is 0 Å². The number of ether oxygens (including phenoxy) is 1. The van der Waals surface area contributed by atoms with Gasteiger partial charge in [-0.05, 0) is 28.8 Å². The van der Waals surface area contributed by atoms with Crippen LogP contribution in [0.3, 0.4) is 0 Å². The van der Waals surface area contributed by atoms with Crippen LogP contribution < -0.4 is 5.32 Å². The molecule has 1 fully saturated rings. The molecule has 0 saturated carbocycles. The Morgan fingerprint density at radius 2 is 2.53 bits per heavy atom. The topological polar surface area (TPSA) is 41.6 Å². The van der Waals surface area contributed by atoms with Crippen LogP contribution in [-0.2, 0) is 9.53 Å². The molecule has 0 aliphatic carbocycles. The van der Waals surface area contributed by atoms with Crippen LogP contribution in [0.4, 0.5) is 0 Å². The number of carbonyl (C=O) groups is 1. The van der Waals surface area contributed by atoms with Crippen LogP contribution in [0.2, 0.25) is 0 Å². The highest BCUT2D eigenvalue weighted by Gasteiger charge is 2.36. The van der Waals surface area contributed by atoms with Gasteiger partial charge in [0.2, 0.25) is 5.91 Å². The summed E-state index contributed by atoms with van der Waals surface area (Å²) >= 11 is 1.65. The van der Waals surface area contributed by atoms with Crippen molar-refractivity contribution in [2.24, 2.45) is 0 Å². The number of thiophene rings is 1. The standard InChI is InChI=1S/C12H18N2O2S/c1-3-10(7-16-2)14-11(15)6-13-12(14)9-4-5-17-8-9/h4-5,8,10,12-13H,3,6-7H2,1-2H3. The van der Waals surface area contributed by atoms with E-state index in [1.165, 1.54) is 0 Å². The van der Waals surface area contributed by atoms with Crippen molar-refractivity contribution < 1.29 is 9.53 Å².